The third kappa shape index (κ3) is 3.93. The van der Waals surface area contributed by atoms with Crippen molar-refractivity contribution in [2.45, 2.75) is 25.2 Å². The summed E-state index contributed by atoms with van der Waals surface area (Å²) in [5.41, 5.74) is -0.501. The molecule has 2 amide bonds. The number of aliphatic hydroxyl groups excluding tert-OH is 1. The van der Waals surface area contributed by atoms with E-state index in [0.29, 0.717) is 26.2 Å². The predicted molar refractivity (Wildman–Crippen MR) is 104 cm³/mol. The normalized spacial score (nSPS) is 24.6. The van der Waals surface area contributed by atoms with E-state index < -0.39 is 15.3 Å². The number of rotatable bonds is 6. The summed E-state index contributed by atoms with van der Waals surface area (Å²) in [7, 11) is -3.50. The van der Waals surface area contributed by atoms with E-state index in [-0.39, 0.29) is 47.3 Å². The minimum Gasteiger partial charge on any atom is -0.396 e. The lowest BCUT2D eigenvalue weighted by Gasteiger charge is -2.28. The molecule has 2 fully saturated rings. The van der Waals surface area contributed by atoms with Crippen LogP contribution < -0.4 is 0 Å². The number of amides is 2. The highest BCUT2D eigenvalue weighted by atomic mass is 32.2. The van der Waals surface area contributed by atoms with Crippen molar-refractivity contribution < 1.29 is 23.1 Å². The Labute approximate surface area is 166 Å². The molecule has 3 rings (SSSR count). The number of carbonyl (C=O) groups excluding carboxylic acids is 2. The summed E-state index contributed by atoms with van der Waals surface area (Å²) in [5.74, 6) is -0.468. The van der Waals surface area contributed by atoms with E-state index in [4.69, 9.17) is 0 Å². The van der Waals surface area contributed by atoms with Crippen molar-refractivity contribution in [3.05, 3.63) is 30.3 Å². The van der Waals surface area contributed by atoms with Crippen LogP contribution in [0.4, 0.5) is 0 Å². The number of sulfone groups is 1. The Kier molecular flexibility index (Phi) is 5.82. The number of aliphatic hydroxyl groups is 1. The van der Waals surface area contributed by atoms with Crippen molar-refractivity contribution in [3.8, 4) is 0 Å². The van der Waals surface area contributed by atoms with E-state index in [2.05, 4.69) is 0 Å². The Morgan fingerprint density at radius 1 is 1.14 bits per heavy atom. The van der Waals surface area contributed by atoms with Gasteiger partial charge in [0.1, 0.15) is 0 Å². The van der Waals surface area contributed by atoms with Crippen molar-refractivity contribution in [1.82, 2.24) is 9.80 Å². The van der Waals surface area contributed by atoms with Crippen LogP contribution in [0.1, 0.15) is 20.3 Å². The van der Waals surface area contributed by atoms with Gasteiger partial charge in [-0.3, -0.25) is 9.59 Å². The van der Waals surface area contributed by atoms with Crippen molar-refractivity contribution in [3.63, 3.8) is 0 Å². The van der Waals surface area contributed by atoms with E-state index in [9.17, 15) is 23.1 Å². The molecule has 7 nitrogen and oxygen atoms in total. The van der Waals surface area contributed by atoms with Gasteiger partial charge in [0.05, 0.1) is 17.3 Å². The molecule has 1 N–H and O–H groups in total. The number of likely N-dealkylation sites (tertiary alicyclic amines) is 2. The van der Waals surface area contributed by atoms with Gasteiger partial charge < -0.3 is 14.9 Å². The van der Waals surface area contributed by atoms with Crippen LogP contribution in [0.5, 0.6) is 0 Å². The fourth-order valence-corrected chi connectivity index (χ4v) is 5.50. The van der Waals surface area contributed by atoms with Crippen LogP contribution in [0.15, 0.2) is 35.2 Å². The topological polar surface area (TPSA) is 95.0 Å². The zero-order valence-electron chi connectivity index (χ0n) is 16.4. The van der Waals surface area contributed by atoms with Crippen LogP contribution in [0.3, 0.4) is 0 Å². The molecule has 0 spiro atoms. The van der Waals surface area contributed by atoms with Crippen molar-refractivity contribution >= 4 is 21.7 Å². The molecule has 0 aliphatic carbocycles. The molecule has 2 aliphatic heterocycles. The molecule has 28 heavy (non-hydrogen) atoms. The largest absolute Gasteiger partial charge is 0.396 e. The molecule has 2 atom stereocenters. The monoisotopic (exact) mass is 408 g/mol. The summed E-state index contributed by atoms with van der Waals surface area (Å²) in [6, 6.07) is 8.12. The summed E-state index contributed by atoms with van der Waals surface area (Å²) in [4.78, 5) is 28.6. The lowest BCUT2D eigenvalue weighted by molar-refractivity contribution is -0.134. The molecular formula is C20H28N2O5S. The van der Waals surface area contributed by atoms with Crippen LogP contribution in [-0.4, -0.2) is 73.7 Å². The molecule has 2 saturated heterocycles. The standard InChI is InChI=1S/C20H28N2O5S/c1-15(2)19(25)22-11-16-10-21(12-20(16,13-22)14-23)18(24)8-9-28(26,27)17-6-4-3-5-7-17/h3-7,15-16,23H,8-14H2,1-2H3/t16-,20+/m0/s1. The molecular weight excluding hydrogens is 380 g/mol. The van der Waals surface area contributed by atoms with Gasteiger partial charge >= 0.3 is 0 Å². The summed E-state index contributed by atoms with van der Waals surface area (Å²) in [6.07, 6.45) is -0.0832. The summed E-state index contributed by atoms with van der Waals surface area (Å²) in [6.45, 7) is 5.40. The molecule has 2 aliphatic rings. The van der Waals surface area contributed by atoms with E-state index in [0.717, 1.165) is 0 Å². The first-order valence-electron chi connectivity index (χ1n) is 9.64. The van der Waals surface area contributed by atoms with Gasteiger partial charge in [-0.15, -0.1) is 0 Å². The summed E-state index contributed by atoms with van der Waals surface area (Å²) >= 11 is 0. The summed E-state index contributed by atoms with van der Waals surface area (Å²) in [5, 5.41) is 10.0. The molecule has 2 heterocycles. The SMILES string of the molecule is CC(C)C(=O)N1C[C@@H]2CN(C(=O)CCS(=O)(=O)c3ccccc3)C[C@]2(CO)C1. The minimum atomic E-state index is -3.50. The lowest BCUT2D eigenvalue weighted by atomic mass is 9.82. The third-order valence-electron chi connectivity index (χ3n) is 5.92. The first-order valence-corrected chi connectivity index (χ1v) is 11.3. The molecule has 8 heteroatoms. The number of nitrogens with zero attached hydrogens (tertiary/aromatic N) is 2. The Hall–Kier alpha value is -1.93. The smallest absolute Gasteiger partial charge is 0.225 e. The van der Waals surface area contributed by atoms with Gasteiger partial charge in [0, 0.05) is 49.9 Å². The first-order chi connectivity index (χ1) is 13.2. The molecule has 1 aromatic rings. The lowest BCUT2D eigenvalue weighted by Crippen LogP contribution is -2.41. The maximum atomic E-state index is 12.6. The zero-order chi connectivity index (χ0) is 20.5. The van der Waals surface area contributed by atoms with Gasteiger partial charge in [-0.05, 0) is 12.1 Å². The van der Waals surface area contributed by atoms with E-state index >= 15 is 0 Å². The second-order valence-electron chi connectivity index (χ2n) is 8.25. The Morgan fingerprint density at radius 2 is 1.75 bits per heavy atom. The van der Waals surface area contributed by atoms with Gasteiger partial charge in [0.15, 0.2) is 9.84 Å². The Morgan fingerprint density at radius 3 is 2.32 bits per heavy atom. The van der Waals surface area contributed by atoms with E-state index in [1.54, 1.807) is 28.0 Å². The second kappa shape index (κ2) is 7.83. The van der Waals surface area contributed by atoms with E-state index in [1.165, 1.54) is 12.1 Å². The van der Waals surface area contributed by atoms with E-state index in [1.807, 2.05) is 13.8 Å². The molecule has 154 valence electrons. The number of fused-ring (bicyclic) bond motifs is 1. The van der Waals surface area contributed by atoms with Gasteiger partial charge in [-0.25, -0.2) is 8.42 Å². The van der Waals surface area contributed by atoms with Crippen LogP contribution in [0.2, 0.25) is 0 Å². The fourth-order valence-electron chi connectivity index (χ4n) is 4.25. The van der Waals surface area contributed by atoms with Crippen LogP contribution in [0, 0.1) is 17.3 Å². The van der Waals surface area contributed by atoms with Crippen LogP contribution in [-0.2, 0) is 19.4 Å². The predicted octanol–water partition coefficient (Wildman–Crippen LogP) is 0.786. The highest BCUT2D eigenvalue weighted by Gasteiger charge is 2.54. The highest BCUT2D eigenvalue weighted by molar-refractivity contribution is 7.91. The molecule has 1 aromatic carbocycles. The molecule has 0 radical (unpaired) electrons. The van der Waals surface area contributed by atoms with Crippen molar-refractivity contribution in [1.29, 1.82) is 0 Å². The van der Waals surface area contributed by atoms with Gasteiger partial charge in [0.2, 0.25) is 11.8 Å². The fraction of sp³-hybridized carbons (Fsp3) is 0.600. The number of benzene rings is 1. The quantitative estimate of drug-likeness (QED) is 0.751. The van der Waals surface area contributed by atoms with Crippen molar-refractivity contribution in [2.24, 2.45) is 17.3 Å². The average Bonchev–Trinajstić information content (AvgIpc) is 3.21. The van der Waals surface area contributed by atoms with Crippen molar-refractivity contribution in [2.75, 3.05) is 38.5 Å². The molecule has 0 saturated carbocycles. The Bertz CT molecular complexity index is 839. The molecule has 0 unspecified atom stereocenters. The second-order valence-corrected chi connectivity index (χ2v) is 10.4. The molecule has 0 bridgehead atoms. The van der Waals surface area contributed by atoms with Gasteiger partial charge in [-0.2, -0.15) is 0 Å². The number of hydrogen-bond donors (Lipinski definition) is 1. The molecule has 0 aromatic heterocycles. The van der Waals surface area contributed by atoms with Crippen LogP contribution >= 0.6 is 0 Å². The minimum absolute atomic E-state index is 0.0230. The van der Waals surface area contributed by atoms with Gasteiger partial charge in [0.25, 0.3) is 0 Å². The number of carbonyl (C=O) groups is 2. The Balaban J connectivity index is 1.61. The maximum Gasteiger partial charge on any atom is 0.225 e. The maximum absolute atomic E-state index is 12.6. The zero-order valence-corrected chi connectivity index (χ0v) is 17.2. The average molecular weight is 409 g/mol. The first kappa shape index (κ1) is 20.8. The van der Waals surface area contributed by atoms with Crippen LogP contribution in [0.25, 0.3) is 0 Å². The highest BCUT2D eigenvalue weighted by Crippen LogP contribution is 2.42. The van der Waals surface area contributed by atoms with Gasteiger partial charge in [-0.1, -0.05) is 32.0 Å². The third-order valence-corrected chi connectivity index (χ3v) is 7.65. The number of hydrogen-bond acceptors (Lipinski definition) is 5. The summed E-state index contributed by atoms with van der Waals surface area (Å²) < 4.78 is 24.8.